The van der Waals surface area contributed by atoms with Crippen molar-refractivity contribution in [2.45, 2.75) is 33.1 Å². The second-order valence-electron chi connectivity index (χ2n) is 10.4. The molecule has 1 aliphatic rings. The molecular formula is C28H36N6O5. The third-order valence-electron chi connectivity index (χ3n) is 6.50. The lowest BCUT2D eigenvalue weighted by molar-refractivity contribution is 0.0385. The van der Waals surface area contributed by atoms with E-state index in [0.717, 1.165) is 24.2 Å². The number of nitrogens with zero attached hydrogens (tertiary/aromatic N) is 4. The van der Waals surface area contributed by atoms with Crippen LogP contribution < -0.4 is 20.1 Å². The number of ether oxygens (including phenoxy) is 3. The van der Waals surface area contributed by atoms with E-state index in [2.05, 4.69) is 46.6 Å². The molecule has 39 heavy (non-hydrogen) atoms. The van der Waals surface area contributed by atoms with E-state index in [-0.39, 0.29) is 17.2 Å². The number of aryl methyl sites for hydroxylation is 1. The van der Waals surface area contributed by atoms with Gasteiger partial charge in [0.2, 0.25) is 0 Å². The summed E-state index contributed by atoms with van der Waals surface area (Å²) in [6.07, 6.45) is 0.896. The topological polar surface area (TPSA) is 120 Å². The van der Waals surface area contributed by atoms with Gasteiger partial charge in [0, 0.05) is 31.7 Å². The molecule has 2 aromatic carbocycles. The van der Waals surface area contributed by atoms with Gasteiger partial charge in [0.05, 0.1) is 37.9 Å². The molecule has 2 heterocycles. The predicted octanol–water partition coefficient (Wildman–Crippen LogP) is 3.55. The molecule has 11 heteroatoms. The van der Waals surface area contributed by atoms with Crippen molar-refractivity contribution in [2.24, 2.45) is 0 Å². The number of morpholine rings is 1. The lowest BCUT2D eigenvalue weighted by atomic mass is 9.87. The second kappa shape index (κ2) is 12.3. The van der Waals surface area contributed by atoms with Crippen LogP contribution in [-0.2, 0) is 10.2 Å². The van der Waals surface area contributed by atoms with Gasteiger partial charge < -0.3 is 24.8 Å². The molecule has 208 valence electrons. The molecule has 1 aliphatic heterocycles. The smallest absolute Gasteiger partial charge is 0.414 e. The van der Waals surface area contributed by atoms with Gasteiger partial charge in [-0.25, -0.2) is 9.48 Å². The molecule has 3 aromatic rings. The average molecular weight is 537 g/mol. The maximum atomic E-state index is 13.2. The fourth-order valence-corrected chi connectivity index (χ4v) is 4.15. The highest BCUT2D eigenvalue weighted by Gasteiger charge is 2.19. The highest BCUT2D eigenvalue weighted by molar-refractivity contribution is 6.05. The van der Waals surface area contributed by atoms with E-state index >= 15 is 0 Å². The highest BCUT2D eigenvalue weighted by atomic mass is 16.6. The fraction of sp³-hybridized carbons (Fsp3) is 0.429. The third-order valence-corrected chi connectivity index (χ3v) is 6.50. The molecule has 4 rings (SSSR count). The average Bonchev–Trinajstić information content (AvgIpc) is 3.37. The number of hydrogen-bond acceptors (Lipinski definition) is 8. The first-order valence-electron chi connectivity index (χ1n) is 12.9. The van der Waals surface area contributed by atoms with Crippen molar-refractivity contribution < 1.29 is 23.8 Å². The number of aromatic nitrogens is 3. The van der Waals surface area contributed by atoms with E-state index in [1.165, 1.54) is 10.9 Å². The van der Waals surface area contributed by atoms with E-state index in [1.54, 1.807) is 19.2 Å². The van der Waals surface area contributed by atoms with Gasteiger partial charge in [-0.2, -0.15) is 0 Å². The van der Waals surface area contributed by atoms with Gasteiger partial charge in [-0.15, -0.1) is 0 Å². The van der Waals surface area contributed by atoms with Crippen LogP contribution >= 0.6 is 0 Å². The number of benzene rings is 2. The molecule has 1 fully saturated rings. The van der Waals surface area contributed by atoms with E-state index < -0.39 is 6.09 Å². The van der Waals surface area contributed by atoms with Gasteiger partial charge in [0.15, 0.2) is 0 Å². The van der Waals surface area contributed by atoms with Crippen LogP contribution in [0.25, 0.3) is 5.69 Å². The summed E-state index contributed by atoms with van der Waals surface area (Å²) in [5.41, 5.74) is 3.50. The minimum Gasteiger partial charge on any atom is -0.495 e. The Hall–Kier alpha value is -3.96. The summed E-state index contributed by atoms with van der Waals surface area (Å²) in [5, 5.41) is 13.7. The van der Waals surface area contributed by atoms with Gasteiger partial charge in [-0.3, -0.25) is 9.69 Å². The number of amides is 2. The minimum atomic E-state index is -0.605. The van der Waals surface area contributed by atoms with Crippen molar-refractivity contribution >= 4 is 17.7 Å². The Bertz CT molecular complexity index is 1310. The van der Waals surface area contributed by atoms with Gasteiger partial charge in [-0.05, 0) is 47.7 Å². The van der Waals surface area contributed by atoms with Crippen LogP contribution in [0.15, 0.2) is 42.6 Å². The van der Waals surface area contributed by atoms with Crippen LogP contribution in [-0.4, -0.2) is 78.4 Å². The lowest BCUT2D eigenvalue weighted by Crippen LogP contribution is -2.41. The number of carbonyl (C=O) groups excluding carboxylic acids is 2. The zero-order valence-corrected chi connectivity index (χ0v) is 23.1. The molecule has 0 saturated carbocycles. The van der Waals surface area contributed by atoms with Crippen LogP contribution in [0.5, 0.6) is 11.6 Å². The first-order chi connectivity index (χ1) is 18.6. The molecule has 0 aliphatic carbocycles. The van der Waals surface area contributed by atoms with Gasteiger partial charge >= 0.3 is 6.09 Å². The lowest BCUT2D eigenvalue weighted by Gasteiger charge is -2.26. The maximum absolute atomic E-state index is 13.2. The van der Waals surface area contributed by atoms with Crippen LogP contribution in [0.3, 0.4) is 0 Å². The maximum Gasteiger partial charge on any atom is 0.414 e. The Labute approximate surface area is 228 Å². The first-order valence-corrected chi connectivity index (χ1v) is 12.9. The Morgan fingerprint density at radius 1 is 1.10 bits per heavy atom. The Balaban J connectivity index is 1.42. The number of hydrogen-bond donors (Lipinski definition) is 2. The quantitative estimate of drug-likeness (QED) is 0.449. The third kappa shape index (κ3) is 7.33. The molecule has 0 atom stereocenters. The highest BCUT2D eigenvalue weighted by Crippen LogP contribution is 2.32. The number of methoxy groups -OCH3 is 1. The number of rotatable bonds is 8. The summed E-state index contributed by atoms with van der Waals surface area (Å²) in [5.74, 6) is 0.332. The van der Waals surface area contributed by atoms with E-state index in [0.29, 0.717) is 49.0 Å². The first kappa shape index (κ1) is 28.1. The summed E-state index contributed by atoms with van der Waals surface area (Å²) < 4.78 is 17.5. The molecule has 1 saturated heterocycles. The monoisotopic (exact) mass is 536 g/mol. The standard InChI is InChI=1S/C28H36N6O5/c1-19-6-7-20(26(35)30-22-17-21(28(2,3)4)8-9-24(22)37-5)16-23(19)34-18-25(31-32-34)39-27(36)29-10-11-33-12-14-38-15-13-33/h6-9,16-18H,10-15H2,1-5H3,(H,29,36)(H,30,35). The van der Waals surface area contributed by atoms with Crippen LogP contribution in [0.1, 0.15) is 42.3 Å². The molecule has 0 radical (unpaired) electrons. The summed E-state index contributed by atoms with van der Waals surface area (Å²) in [7, 11) is 1.57. The SMILES string of the molecule is COc1ccc(C(C)(C)C)cc1NC(=O)c1ccc(C)c(-n2cc(OC(=O)NCCN3CCOCC3)nn2)c1. The molecule has 0 spiro atoms. The second-order valence-corrected chi connectivity index (χ2v) is 10.4. The van der Waals surface area contributed by atoms with Gasteiger partial charge in [-0.1, -0.05) is 43.2 Å². The van der Waals surface area contributed by atoms with Crippen LogP contribution in [0, 0.1) is 6.92 Å². The van der Waals surface area contributed by atoms with E-state index in [9.17, 15) is 9.59 Å². The zero-order chi connectivity index (χ0) is 28.0. The van der Waals surface area contributed by atoms with E-state index in [4.69, 9.17) is 14.2 Å². The Kier molecular flexibility index (Phi) is 8.82. The molecule has 0 bridgehead atoms. The van der Waals surface area contributed by atoms with Crippen molar-refractivity contribution in [2.75, 3.05) is 51.8 Å². The molecule has 1 aromatic heterocycles. The van der Waals surface area contributed by atoms with Crippen LogP contribution in [0.2, 0.25) is 0 Å². The van der Waals surface area contributed by atoms with Crippen molar-refractivity contribution in [1.29, 1.82) is 0 Å². The summed E-state index contributed by atoms with van der Waals surface area (Å²) in [6, 6.07) is 11.1. The molecule has 0 unspecified atom stereocenters. The summed E-state index contributed by atoms with van der Waals surface area (Å²) >= 11 is 0. The minimum absolute atomic E-state index is 0.0526. The molecular weight excluding hydrogens is 500 g/mol. The van der Waals surface area contributed by atoms with E-state index in [1.807, 2.05) is 31.2 Å². The number of nitrogens with one attached hydrogen (secondary N) is 2. The molecule has 11 nitrogen and oxygen atoms in total. The molecule has 2 amide bonds. The fourth-order valence-electron chi connectivity index (χ4n) is 4.15. The normalized spacial score (nSPS) is 14.1. The Morgan fingerprint density at radius 3 is 2.59 bits per heavy atom. The number of anilines is 1. The van der Waals surface area contributed by atoms with Crippen molar-refractivity contribution in [3.05, 3.63) is 59.3 Å². The van der Waals surface area contributed by atoms with Crippen molar-refractivity contribution in [3.8, 4) is 17.3 Å². The largest absolute Gasteiger partial charge is 0.495 e. The predicted molar refractivity (Wildman–Crippen MR) is 147 cm³/mol. The van der Waals surface area contributed by atoms with Gasteiger partial charge in [0.25, 0.3) is 11.8 Å². The van der Waals surface area contributed by atoms with Crippen molar-refractivity contribution in [3.63, 3.8) is 0 Å². The zero-order valence-electron chi connectivity index (χ0n) is 23.1. The molecule has 2 N–H and O–H groups in total. The summed E-state index contributed by atoms with van der Waals surface area (Å²) in [6.45, 7) is 12.5. The number of carbonyl (C=O) groups is 2. The Morgan fingerprint density at radius 2 is 1.87 bits per heavy atom. The van der Waals surface area contributed by atoms with Gasteiger partial charge in [0.1, 0.15) is 5.75 Å². The van der Waals surface area contributed by atoms with Crippen molar-refractivity contribution in [1.82, 2.24) is 25.2 Å². The van der Waals surface area contributed by atoms with Crippen LogP contribution in [0.4, 0.5) is 10.5 Å². The summed E-state index contributed by atoms with van der Waals surface area (Å²) in [4.78, 5) is 27.6.